The van der Waals surface area contributed by atoms with Crippen LogP contribution in [0.1, 0.15) is 24.0 Å². The van der Waals surface area contributed by atoms with E-state index in [1.807, 2.05) is 0 Å². The molecule has 0 amide bonds. The molecule has 1 fully saturated rings. The molecule has 1 aromatic carbocycles. The molecule has 3 rings (SSSR count). The zero-order valence-electron chi connectivity index (χ0n) is 9.26. The number of hydrogen-bond acceptors (Lipinski definition) is 2. The van der Waals surface area contributed by atoms with E-state index in [0.29, 0.717) is 0 Å². The number of halogens is 1. The molecule has 0 unspecified atom stereocenters. The molecule has 1 N–H and O–H groups in total. The van der Waals surface area contributed by atoms with Gasteiger partial charge >= 0.3 is 0 Å². The molecule has 1 heterocycles. The molecule has 2 nitrogen and oxygen atoms in total. The van der Waals surface area contributed by atoms with Gasteiger partial charge in [0, 0.05) is 11.0 Å². The monoisotopic (exact) mass is 281 g/mol. The van der Waals surface area contributed by atoms with Gasteiger partial charge in [-0.2, -0.15) is 0 Å². The fraction of sp³-hybridized carbons (Fsp3) is 0.538. The summed E-state index contributed by atoms with van der Waals surface area (Å²) in [5.74, 6) is 0. The lowest BCUT2D eigenvalue weighted by molar-refractivity contribution is 0.0169. The Bertz CT molecular complexity index is 399. The number of benzene rings is 1. The minimum Gasteiger partial charge on any atom is -0.378 e. The van der Waals surface area contributed by atoms with Crippen molar-refractivity contribution in [3.05, 3.63) is 33.8 Å². The van der Waals surface area contributed by atoms with Crippen LogP contribution in [-0.4, -0.2) is 19.8 Å². The smallest absolute Gasteiger partial charge is 0.0691 e. The average molecular weight is 282 g/mol. The molecule has 1 aliphatic heterocycles. The number of rotatable bonds is 0. The van der Waals surface area contributed by atoms with E-state index in [1.54, 1.807) is 0 Å². The van der Waals surface area contributed by atoms with Crippen LogP contribution < -0.4 is 5.32 Å². The molecular formula is C13H16BrNO. The van der Waals surface area contributed by atoms with Crippen LogP contribution in [0.4, 0.5) is 0 Å². The fourth-order valence-electron chi connectivity index (χ4n) is 2.92. The summed E-state index contributed by atoms with van der Waals surface area (Å²) in [5, 5.41) is 3.67. The molecule has 1 aliphatic carbocycles. The number of ether oxygens (including phenoxy) is 1. The first-order valence-electron chi connectivity index (χ1n) is 5.92. The Morgan fingerprint density at radius 2 is 2.31 bits per heavy atom. The average Bonchev–Trinajstić information content (AvgIpc) is 2.32. The van der Waals surface area contributed by atoms with E-state index < -0.39 is 0 Å². The Morgan fingerprint density at radius 1 is 1.38 bits per heavy atom. The van der Waals surface area contributed by atoms with Crippen molar-refractivity contribution >= 4 is 15.9 Å². The third-order valence-electron chi connectivity index (χ3n) is 3.70. The van der Waals surface area contributed by atoms with Crippen LogP contribution in [-0.2, 0) is 16.7 Å². The number of hydrogen-bond donors (Lipinski definition) is 1. The highest BCUT2D eigenvalue weighted by atomic mass is 79.9. The first-order valence-corrected chi connectivity index (χ1v) is 6.71. The van der Waals surface area contributed by atoms with Crippen molar-refractivity contribution in [2.45, 2.75) is 24.8 Å². The summed E-state index contributed by atoms with van der Waals surface area (Å²) < 4.78 is 6.85. The number of morpholine rings is 1. The van der Waals surface area contributed by atoms with E-state index >= 15 is 0 Å². The molecule has 86 valence electrons. The number of fused-ring (bicyclic) bond motifs is 2. The molecule has 16 heavy (non-hydrogen) atoms. The van der Waals surface area contributed by atoms with Gasteiger partial charge in [0.1, 0.15) is 0 Å². The SMILES string of the molecule is Brc1ccc2c(c1)[C@]1(CCC2)COCCN1. The van der Waals surface area contributed by atoms with Crippen LogP contribution in [0.2, 0.25) is 0 Å². The Labute approximate surface area is 105 Å². The first-order chi connectivity index (χ1) is 7.80. The van der Waals surface area contributed by atoms with Crippen LogP contribution >= 0.6 is 15.9 Å². The minimum absolute atomic E-state index is 0.0790. The van der Waals surface area contributed by atoms with E-state index in [-0.39, 0.29) is 5.54 Å². The van der Waals surface area contributed by atoms with Gasteiger partial charge in [0.05, 0.1) is 18.8 Å². The van der Waals surface area contributed by atoms with Gasteiger partial charge in [0.2, 0.25) is 0 Å². The van der Waals surface area contributed by atoms with Crippen molar-refractivity contribution in [2.75, 3.05) is 19.8 Å². The van der Waals surface area contributed by atoms with Crippen molar-refractivity contribution < 1.29 is 4.74 Å². The summed E-state index contributed by atoms with van der Waals surface area (Å²) in [4.78, 5) is 0. The van der Waals surface area contributed by atoms with Gasteiger partial charge in [-0.1, -0.05) is 22.0 Å². The Hall–Kier alpha value is -0.380. The molecule has 1 aromatic rings. The van der Waals surface area contributed by atoms with Crippen molar-refractivity contribution in [1.29, 1.82) is 0 Å². The molecule has 1 spiro atoms. The summed E-state index contributed by atoms with van der Waals surface area (Å²) >= 11 is 3.57. The van der Waals surface area contributed by atoms with Gasteiger partial charge in [-0.05, 0) is 42.5 Å². The summed E-state index contributed by atoms with van der Waals surface area (Å²) in [6, 6.07) is 6.65. The normalized spacial score (nSPS) is 29.1. The molecule has 0 bridgehead atoms. The molecule has 1 saturated heterocycles. The summed E-state index contributed by atoms with van der Waals surface area (Å²) in [6.45, 7) is 2.62. The maximum absolute atomic E-state index is 5.68. The van der Waals surface area contributed by atoms with E-state index in [9.17, 15) is 0 Å². The van der Waals surface area contributed by atoms with Gasteiger partial charge in [-0.25, -0.2) is 0 Å². The zero-order valence-corrected chi connectivity index (χ0v) is 10.8. The maximum Gasteiger partial charge on any atom is 0.0691 e. The highest BCUT2D eigenvalue weighted by Gasteiger charge is 2.38. The van der Waals surface area contributed by atoms with Crippen LogP contribution in [0.5, 0.6) is 0 Å². The molecule has 0 aromatic heterocycles. The minimum atomic E-state index is 0.0790. The molecule has 0 saturated carbocycles. The van der Waals surface area contributed by atoms with Crippen LogP contribution in [0.15, 0.2) is 22.7 Å². The Balaban J connectivity index is 2.06. The summed E-state index contributed by atoms with van der Waals surface area (Å²) in [7, 11) is 0. The van der Waals surface area contributed by atoms with Crippen molar-refractivity contribution in [3.63, 3.8) is 0 Å². The summed E-state index contributed by atoms with van der Waals surface area (Å²) in [5.41, 5.74) is 3.00. The van der Waals surface area contributed by atoms with Gasteiger partial charge in [0.25, 0.3) is 0 Å². The second-order valence-electron chi connectivity index (χ2n) is 4.72. The van der Waals surface area contributed by atoms with Crippen LogP contribution in [0.25, 0.3) is 0 Å². The molecule has 0 radical (unpaired) electrons. The van der Waals surface area contributed by atoms with Crippen LogP contribution in [0.3, 0.4) is 0 Å². The maximum atomic E-state index is 5.68. The lowest BCUT2D eigenvalue weighted by Gasteiger charge is -2.42. The number of nitrogens with one attached hydrogen (secondary N) is 1. The summed E-state index contributed by atoms with van der Waals surface area (Å²) in [6.07, 6.45) is 3.65. The van der Waals surface area contributed by atoms with E-state index in [2.05, 4.69) is 39.4 Å². The highest BCUT2D eigenvalue weighted by Crippen LogP contribution is 2.38. The van der Waals surface area contributed by atoms with Crippen molar-refractivity contribution in [3.8, 4) is 0 Å². The second kappa shape index (κ2) is 4.13. The fourth-order valence-corrected chi connectivity index (χ4v) is 3.28. The van der Waals surface area contributed by atoms with E-state index in [0.717, 1.165) is 19.8 Å². The quantitative estimate of drug-likeness (QED) is 0.789. The van der Waals surface area contributed by atoms with Crippen molar-refractivity contribution in [2.24, 2.45) is 0 Å². The van der Waals surface area contributed by atoms with Crippen LogP contribution in [0, 0.1) is 0 Å². The van der Waals surface area contributed by atoms with Gasteiger partial charge in [-0.3, -0.25) is 0 Å². The van der Waals surface area contributed by atoms with E-state index in [4.69, 9.17) is 4.74 Å². The lowest BCUT2D eigenvalue weighted by Crippen LogP contribution is -2.53. The Kier molecular flexibility index (Phi) is 2.78. The van der Waals surface area contributed by atoms with Gasteiger partial charge in [-0.15, -0.1) is 0 Å². The largest absolute Gasteiger partial charge is 0.378 e. The first kappa shape index (κ1) is 10.8. The topological polar surface area (TPSA) is 21.3 Å². The predicted molar refractivity (Wildman–Crippen MR) is 67.6 cm³/mol. The van der Waals surface area contributed by atoms with Crippen molar-refractivity contribution in [1.82, 2.24) is 5.32 Å². The second-order valence-corrected chi connectivity index (χ2v) is 5.63. The zero-order chi connectivity index (χ0) is 11.0. The third-order valence-corrected chi connectivity index (χ3v) is 4.19. The lowest BCUT2D eigenvalue weighted by atomic mass is 9.76. The molecule has 3 heteroatoms. The third kappa shape index (κ3) is 1.71. The Morgan fingerprint density at radius 3 is 3.12 bits per heavy atom. The molecular weight excluding hydrogens is 266 g/mol. The van der Waals surface area contributed by atoms with Gasteiger partial charge < -0.3 is 10.1 Å². The molecule has 2 aliphatic rings. The number of aryl methyl sites for hydroxylation is 1. The highest BCUT2D eigenvalue weighted by molar-refractivity contribution is 9.10. The molecule has 1 atom stereocenters. The van der Waals surface area contributed by atoms with E-state index in [1.165, 1.54) is 34.9 Å². The standard InChI is InChI=1S/C13H16BrNO/c14-11-4-3-10-2-1-5-13(12(10)8-11)9-16-7-6-15-13/h3-4,8,15H,1-2,5-7,9H2/t13-/m0/s1. The van der Waals surface area contributed by atoms with Gasteiger partial charge in [0.15, 0.2) is 0 Å². The predicted octanol–water partition coefficient (Wildman–Crippen LogP) is 2.60.